The Morgan fingerprint density at radius 2 is 1.55 bits per heavy atom. The Balaban J connectivity index is 2.04. The van der Waals surface area contributed by atoms with Crippen LogP contribution in [0.4, 0.5) is 50.6 Å². The van der Waals surface area contributed by atoms with Crippen molar-refractivity contribution < 1.29 is 26.9 Å². The summed E-state index contributed by atoms with van der Waals surface area (Å²) in [6.07, 6.45) is -3.88. The predicted molar refractivity (Wildman–Crippen MR) is 93.1 cm³/mol. The summed E-state index contributed by atoms with van der Waals surface area (Å²) in [4.78, 5) is 17.8. The van der Waals surface area contributed by atoms with Gasteiger partial charge in [-0.2, -0.15) is 13.2 Å². The van der Waals surface area contributed by atoms with E-state index in [0.29, 0.717) is 6.07 Å². The third-order valence-corrected chi connectivity index (χ3v) is 3.67. The minimum absolute atomic E-state index is 0.324. The summed E-state index contributed by atoms with van der Waals surface area (Å²) in [6.45, 7) is 0. The van der Waals surface area contributed by atoms with Gasteiger partial charge in [0, 0.05) is 6.07 Å². The van der Waals surface area contributed by atoms with Gasteiger partial charge in [0.05, 0.1) is 21.9 Å². The molecule has 150 valence electrons. The number of nitrogens with one attached hydrogen (secondary N) is 2. The highest BCUT2D eigenvalue weighted by molar-refractivity contribution is 5.77. The van der Waals surface area contributed by atoms with E-state index in [4.69, 9.17) is 0 Å². The molecule has 1 heterocycles. The highest BCUT2D eigenvalue weighted by atomic mass is 19.4. The van der Waals surface area contributed by atoms with Crippen molar-refractivity contribution in [1.82, 2.24) is 9.97 Å². The van der Waals surface area contributed by atoms with Crippen LogP contribution in [-0.4, -0.2) is 14.9 Å². The minimum Gasteiger partial charge on any atom is -0.334 e. The fraction of sp³-hybridized carbons (Fsp3) is 0.0588. The first-order valence-electron chi connectivity index (χ1n) is 7.81. The number of nitro groups is 1. The number of alkyl halides is 3. The standard InChI is InChI=1S/C17H10F5N5O2/c18-9-5-6-13(11(19)7-9)26-16-14(27(28)29)15(23-8-24-16)25-12-4-2-1-3-10(12)17(20,21)22/h1-8H,(H2,23,24,25,26). The molecular formula is C17H10F5N5O2. The maximum atomic E-state index is 13.8. The first-order valence-corrected chi connectivity index (χ1v) is 7.81. The second-order valence-electron chi connectivity index (χ2n) is 5.59. The summed E-state index contributed by atoms with van der Waals surface area (Å²) in [7, 11) is 0. The zero-order valence-corrected chi connectivity index (χ0v) is 14.2. The van der Waals surface area contributed by atoms with Gasteiger partial charge in [-0.05, 0) is 24.3 Å². The molecule has 0 aliphatic rings. The molecule has 0 saturated heterocycles. The topological polar surface area (TPSA) is 93.0 Å². The number of rotatable bonds is 5. The van der Waals surface area contributed by atoms with Gasteiger partial charge in [0.1, 0.15) is 18.0 Å². The molecule has 0 fully saturated rings. The molecule has 0 atom stereocenters. The van der Waals surface area contributed by atoms with Crippen LogP contribution in [0.3, 0.4) is 0 Å². The van der Waals surface area contributed by atoms with Gasteiger partial charge in [-0.1, -0.05) is 12.1 Å². The molecule has 0 spiro atoms. The number of para-hydroxylation sites is 1. The summed E-state index contributed by atoms with van der Waals surface area (Å²) >= 11 is 0. The van der Waals surface area contributed by atoms with Crippen LogP contribution in [0.15, 0.2) is 48.8 Å². The van der Waals surface area contributed by atoms with E-state index in [2.05, 4.69) is 20.6 Å². The molecule has 7 nitrogen and oxygen atoms in total. The summed E-state index contributed by atoms with van der Waals surface area (Å²) in [5.74, 6) is -2.96. The Labute approximate surface area is 159 Å². The first kappa shape index (κ1) is 19.9. The van der Waals surface area contributed by atoms with Gasteiger partial charge in [-0.3, -0.25) is 10.1 Å². The second kappa shape index (κ2) is 7.66. The van der Waals surface area contributed by atoms with Crippen molar-refractivity contribution in [2.45, 2.75) is 6.18 Å². The average Bonchev–Trinajstić information content (AvgIpc) is 2.63. The Hall–Kier alpha value is -3.83. The van der Waals surface area contributed by atoms with Crippen LogP contribution in [0.5, 0.6) is 0 Å². The predicted octanol–water partition coefficient (Wildman–Crippen LogP) is 5.17. The minimum atomic E-state index is -4.72. The van der Waals surface area contributed by atoms with Crippen LogP contribution in [0.25, 0.3) is 0 Å². The van der Waals surface area contributed by atoms with Gasteiger partial charge in [-0.25, -0.2) is 18.7 Å². The van der Waals surface area contributed by atoms with E-state index < -0.39 is 51.3 Å². The van der Waals surface area contributed by atoms with Gasteiger partial charge in [0.25, 0.3) is 0 Å². The quantitative estimate of drug-likeness (QED) is 0.342. The highest BCUT2D eigenvalue weighted by Crippen LogP contribution is 2.38. The molecule has 3 aromatic rings. The normalized spacial score (nSPS) is 11.2. The maximum Gasteiger partial charge on any atom is 0.418 e. The van der Waals surface area contributed by atoms with Gasteiger partial charge in [-0.15, -0.1) is 0 Å². The van der Waals surface area contributed by atoms with Gasteiger partial charge in [0.2, 0.25) is 11.6 Å². The van der Waals surface area contributed by atoms with Crippen LogP contribution in [-0.2, 0) is 6.18 Å². The second-order valence-corrected chi connectivity index (χ2v) is 5.59. The van der Waals surface area contributed by atoms with Gasteiger partial charge >= 0.3 is 11.9 Å². The number of halogens is 5. The summed E-state index contributed by atoms with van der Waals surface area (Å²) in [5, 5.41) is 16.1. The number of benzene rings is 2. The smallest absolute Gasteiger partial charge is 0.334 e. The Kier molecular flexibility index (Phi) is 5.26. The molecule has 12 heteroatoms. The molecular weight excluding hydrogens is 401 g/mol. The molecule has 0 amide bonds. The molecule has 2 aromatic carbocycles. The Bertz CT molecular complexity index is 1070. The van der Waals surface area contributed by atoms with E-state index in [1.807, 2.05) is 0 Å². The lowest BCUT2D eigenvalue weighted by Crippen LogP contribution is -2.11. The number of hydrogen-bond acceptors (Lipinski definition) is 6. The number of hydrogen-bond donors (Lipinski definition) is 2. The van der Waals surface area contributed by atoms with Crippen LogP contribution in [0.1, 0.15) is 5.56 Å². The number of nitrogens with zero attached hydrogens (tertiary/aromatic N) is 3. The van der Waals surface area contributed by atoms with Crippen molar-refractivity contribution in [3.05, 3.63) is 76.1 Å². The zero-order chi connectivity index (χ0) is 21.2. The summed E-state index contributed by atoms with van der Waals surface area (Å²) < 4.78 is 66.4. The van der Waals surface area contributed by atoms with Gasteiger partial charge < -0.3 is 10.6 Å². The molecule has 3 rings (SSSR count). The van der Waals surface area contributed by atoms with Crippen molar-refractivity contribution in [2.75, 3.05) is 10.6 Å². The number of aromatic nitrogens is 2. The summed E-state index contributed by atoms with van der Waals surface area (Å²) in [5.41, 5.74) is -2.68. The van der Waals surface area contributed by atoms with Gasteiger partial charge in [0.15, 0.2) is 0 Å². The third-order valence-electron chi connectivity index (χ3n) is 3.67. The molecule has 1 aromatic heterocycles. The molecule has 0 aliphatic carbocycles. The molecule has 0 saturated carbocycles. The molecule has 0 aliphatic heterocycles. The SMILES string of the molecule is O=[N+]([O-])c1c(Nc2ccc(F)cc2F)ncnc1Nc1ccccc1C(F)(F)F. The van der Waals surface area contributed by atoms with E-state index in [1.54, 1.807) is 0 Å². The van der Waals surface area contributed by atoms with E-state index in [9.17, 15) is 32.1 Å². The lowest BCUT2D eigenvalue weighted by atomic mass is 10.1. The lowest BCUT2D eigenvalue weighted by Gasteiger charge is -2.14. The molecule has 29 heavy (non-hydrogen) atoms. The monoisotopic (exact) mass is 411 g/mol. The van der Waals surface area contributed by atoms with E-state index in [-0.39, 0.29) is 5.69 Å². The third kappa shape index (κ3) is 4.36. The Morgan fingerprint density at radius 1 is 0.931 bits per heavy atom. The van der Waals surface area contributed by atoms with Crippen molar-refractivity contribution in [1.29, 1.82) is 0 Å². The van der Waals surface area contributed by atoms with E-state index in [0.717, 1.165) is 36.7 Å². The van der Waals surface area contributed by atoms with Crippen molar-refractivity contribution in [3.63, 3.8) is 0 Å². The average molecular weight is 411 g/mol. The molecule has 0 radical (unpaired) electrons. The van der Waals surface area contributed by atoms with Crippen LogP contribution >= 0.6 is 0 Å². The highest BCUT2D eigenvalue weighted by Gasteiger charge is 2.34. The van der Waals surface area contributed by atoms with Crippen molar-refractivity contribution in [3.8, 4) is 0 Å². The largest absolute Gasteiger partial charge is 0.418 e. The zero-order valence-electron chi connectivity index (χ0n) is 14.2. The van der Waals surface area contributed by atoms with E-state index in [1.165, 1.54) is 6.07 Å². The van der Waals surface area contributed by atoms with E-state index >= 15 is 0 Å². The fourth-order valence-corrected chi connectivity index (χ4v) is 2.42. The van der Waals surface area contributed by atoms with Crippen LogP contribution in [0, 0.1) is 21.7 Å². The number of anilines is 4. The van der Waals surface area contributed by atoms with Crippen LogP contribution < -0.4 is 10.6 Å². The maximum absolute atomic E-state index is 13.8. The van der Waals surface area contributed by atoms with Crippen LogP contribution in [0.2, 0.25) is 0 Å². The summed E-state index contributed by atoms with van der Waals surface area (Å²) in [6, 6.07) is 6.78. The first-order chi connectivity index (χ1) is 13.7. The lowest BCUT2D eigenvalue weighted by molar-refractivity contribution is -0.383. The van der Waals surface area contributed by atoms with Crippen molar-refractivity contribution in [2.24, 2.45) is 0 Å². The molecule has 0 bridgehead atoms. The molecule has 2 N–H and O–H groups in total. The Morgan fingerprint density at radius 3 is 2.14 bits per heavy atom. The van der Waals surface area contributed by atoms with Crippen molar-refractivity contribution >= 4 is 28.7 Å². The molecule has 0 unspecified atom stereocenters. The fourth-order valence-electron chi connectivity index (χ4n) is 2.42.